The van der Waals surface area contributed by atoms with Crippen molar-refractivity contribution in [3.05, 3.63) is 103 Å². The van der Waals surface area contributed by atoms with Crippen molar-refractivity contribution in [2.45, 2.75) is 26.3 Å². The van der Waals surface area contributed by atoms with Gasteiger partial charge < -0.3 is 14.7 Å². The van der Waals surface area contributed by atoms with Gasteiger partial charge in [-0.05, 0) is 48.7 Å². The molecule has 1 aliphatic rings. The van der Waals surface area contributed by atoms with Gasteiger partial charge >= 0.3 is 0 Å². The molecule has 0 radical (unpaired) electrons. The number of rotatable bonds is 8. The molecule has 7 heteroatoms. The van der Waals surface area contributed by atoms with E-state index in [0.29, 0.717) is 31.7 Å². The summed E-state index contributed by atoms with van der Waals surface area (Å²) in [6.45, 7) is 6.61. The zero-order chi connectivity index (χ0) is 27.9. The lowest BCUT2D eigenvalue weighted by Gasteiger charge is -2.37. The highest BCUT2D eigenvalue weighted by atomic mass is 16.2. The Kier molecular flexibility index (Phi) is 8.50. The molecule has 1 aliphatic heterocycles. The third-order valence-electron chi connectivity index (χ3n) is 7.60. The van der Waals surface area contributed by atoms with Crippen molar-refractivity contribution < 1.29 is 9.59 Å². The summed E-state index contributed by atoms with van der Waals surface area (Å²) in [5, 5.41) is 8.97. The summed E-state index contributed by atoms with van der Waals surface area (Å²) >= 11 is 0. The van der Waals surface area contributed by atoms with Crippen LogP contribution in [0.2, 0.25) is 0 Å². The number of carbonyl (C=O) groups excluding carboxylic acids is 2. The summed E-state index contributed by atoms with van der Waals surface area (Å²) in [7, 11) is 0. The van der Waals surface area contributed by atoms with Gasteiger partial charge in [-0.25, -0.2) is 0 Å². The maximum atomic E-state index is 13.2. The molecule has 1 aromatic heterocycles. The highest BCUT2D eigenvalue weighted by Gasteiger charge is 2.28. The normalized spacial score (nSPS) is 14.1. The van der Waals surface area contributed by atoms with Gasteiger partial charge in [-0.15, -0.1) is 10.2 Å². The van der Waals surface area contributed by atoms with Crippen LogP contribution in [0, 0.1) is 0 Å². The van der Waals surface area contributed by atoms with Crippen molar-refractivity contribution in [2.24, 2.45) is 0 Å². The van der Waals surface area contributed by atoms with Crippen molar-refractivity contribution in [2.75, 3.05) is 37.6 Å². The van der Waals surface area contributed by atoms with Crippen LogP contribution in [0.3, 0.4) is 0 Å². The van der Waals surface area contributed by atoms with Gasteiger partial charge in [0.2, 0.25) is 5.91 Å². The average Bonchev–Trinajstić information content (AvgIpc) is 3.04. The van der Waals surface area contributed by atoms with Crippen LogP contribution in [0.4, 0.5) is 5.82 Å². The molecular weight excluding hydrogens is 498 g/mol. The molecule has 1 fully saturated rings. The van der Waals surface area contributed by atoms with Crippen LogP contribution in [0.25, 0.3) is 22.4 Å². The summed E-state index contributed by atoms with van der Waals surface area (Å²) in [6.07, 6.45) is 0.783. The lowest BCUT2D eigenvalue weighted by atomic mass is 10.0. The first-order valence-electron chi connectivity index (χ1n) is 13.9. The Morgan fingerprint density at radius 2 is 1.35 bits per heavy atom. The van der Waals surface area contributed by atoms with Crippen molar-refractivity contribution in [3.8, 4) is 22.4 Å². The van der Waals surface area contributed by atoms with Gasteiger partial charge in [0.15, 0.2) is 5.82 Å². The number of amides is 2. The van der Waals surface area contributed by atoms with Crippen LogP contribution in [0.5, 0.6) is 0 Å². The molecule has 5 rings (SSSR count). The van der Waals surface area contributed by atoms with Gasteiger partial charge in [-0.2, -0.15) is 0 Å². The molecule has 204 valence electrons. The van der Waals surface area contributed by atoms with Crippen LogP contribution < -0.4 is 4.90 Å². The fraction of sp³-hybridized carbons (Fsp3) is 0.273. The number of hydrogen-bond acceptors (Lipinski definition) is 5. The predicted octanol–water partition coefficient (Wildman–Crippen LogP) is 5.40. The zero-order valence-electron chi connectivity index (χ0n) is 23.1. The molecule has 3 aromatic carbocycles. The minimum absolute atomic E-state index is 0.0235. The summed E-state index contributed by atoms with van der Waals surface area (Å²) in [4.78, 5) is 32.0. The van der Waals surface area contributed by atoms with E-state index in [0.717, 1.165) is 29.1 Å². The topological polar surface area (TPSA) is 69.6 Å². The standard InChI is InChI=1S/C33H35N5O2/c1-3-25(2)38(33(40)29-12-8-5-9-13-29)24-32(39)37-22-20-36(21-23-37)31-19-18-30(34-35-31)28-16-14-27(15-17-28)26-10-6-4-7-11-26/h4-19,25H,3,20-24H2,1-2H3. The lowest BCUT2D eigenvalue weighted by Crippen LogP contribution is -2.53. The molecule has 1 unspecified atom stereocenters. The Balaban J connectivity index is 1.17. The lowest BCUT2D eigenvalue weighted by molar-refractivity contribution is -0.132. The fourth-order valence-electron chi connectivity index (χ4n) is 4.94. The second-order valence-corrected chi connectivity index (χ2v) is 10.1. The van der Waals surface area contributed by atoms with E-state index in [1.54, 1.807) is 17.0 Å². The minimum Gasteiger partial charge on any atom is -0.352 e. The second kappa shape index (κ2) is 12.6. The number of benzene rings is 3. The third-order valence-corrected chi connectivity index (χ3v) is 7.60. The number of hydrogen-bond donors (Lipinski definition) is 0. The molecule has 2 heterocycles. The maximum absolute atomic E-state index is 13.2. The average molecular weight is 534 g/mol. The SMILES string of the molecule is CCC(C)N(CC(=O)N1CCN(c2ccc(-c3ccc(-c4ccccc4)cc3)nn2)CC1)C(=O)c1ccccc1. The van der Waals surface area contributed by atoms with Crippen LogP contribution in [0.15, 0.2) is 97.1 Å². The molecule has 1 saturated heterocycles. The van der Waals surface area contributed by atoms with Crippen LogP contribution in [-0.4, -0.2) is 70.6 Å². The van der Waals surface area contributed by atoms with Gasteiger partial charge in [0, 0.05) is 43.3 Å². The number of nitrogens with zero attached hydrogens (tertiary/aromatic N) is 5. The maximum Gasteiger partial charge on any atom is 0.254 e. The van der Waals surface area contributed by atoms with Gasteiger partial charge in [-0.3, -0.25) is 9.59 Å². The van der Waals surface area contributed by atoms with E-state index in [4.69, 9.17) is 0 Å². The van der Waals surface area contributed by atoms with Crippen molar-refractivity contribution in [3.63, 3.8) is 0 Å². The van der Waals surface area contributed by atoms with Crippen molar-refractivity contribution >= 4 is 17.6 Å². The highest BCUT2D eigenvalue weighted by Crippen LogP contribution is 2.24. The van der Waals surface area contributed by atoms with Crippen LogP contribution >= 0.6 is 0 Å². The Bertz CT molecular complexity index is 1400. The number of anilines is 1. The zero-order valence-corrected chi connectivity index (χ0v) is 23.1. The van der Waals surface area contributed by atoms with Gasteiger partial charge in [-0.1, -0.05) is 79.7 Å². The van der Waals surface area contributed by atoms with Crippen molar-refractivity contribution in [1.82, 2.24) is 20.0 Å². The van der Waals surface area contributed by atoms with E-state index >= 15 is 0 Å². The Morgan fingerprint density at radius 3 is 1.95 bits per heavy atom. The molecule has 0 saturated carbocycles. The molecule has 0 spiro atoms. The molecule has 1 atom stereocenters. The number of carbonyl (C=O) groups is 2. The molecular formula is C33H35N5O2. The molecule has 2 amide bonds. The summed E-state index contributed by atoms with van der Waals surface area (Å²) < 4.78 is 0. The minimum atomic E-state index is -0.105. The first kappa shape index (κ1) is 27.1. The summed E-state index contributed by atoms with van der Waals surface area (Å²) in [6, 6.07) is 31.8. The highest BCUT2D eigenvalue weighted by molar-refractivity contribution is 5.96. The molecule has 0 bridgehead atoms. The number of aromatic nitrogens is 2. The van der Waals surface area contributed by atoms with E-state index < -0.39 is 0 Å². The Hall–Kier alpha value is -4.52. The van der Waals surface area contributed by atoms with Crippen LogP contribution in [0.1, 0.15) is 30.6 Å². The van der Waals surface area contributed by atoms with Crippen LogP contribution in [-0.2, 0) is 4.79 Å². The summed E-state index contributed by atoms with van der Waals surface area (Å²) in [5.41, 5.74) is 4.80. The van der Waals surface area contributed by atoms with Gasteiger partial charge in [0.1, 0.15) is 6.54 Å². The quantitative estimate of drug-likeness (QED) is 0.303. The molecule has 0 N–H and O–H groups in total. The predicted molar refractivity (Wildman–Crippen MR) is 159 cm³/mol. The monoisotopic (exact) mass is 533 g/mol. The fourth-order valence-corrected chi connectivity index (χ4v) is 4.94. The second-order valence-electron chi connectivity index (χ2n) is 10.1. The Labute approximate surface area is 236 Å². The van der Waals surface area contributed by atoms with Gasteiger partial charge in [0.25, 0.3) is 5.91 Å². The van der Waals surface area contributed by atoms with E-state index in [1.165, 1.54) is 5.56 Å². The molecule has 0 aliphatic carbocycles. The summed E-state index contributed by atoms with van der Waals surface area (Å²) in [5.74, 6) is 0.675. The first-order chi connectivity index (χ1) is 19.5. The first-order valence-corrected chi connectivity index (χ1v) is 13.9. The molecule has 4 aromatic rings. The molecule has 40 heavy (non-hydrogen) atoms. The molecule has 7 nitrogen and oxygen atoms in total. The van der Waals surface area contributed by atoms with Gasteiger partial charge in [0.05, 0.1) is 5.69 Å². The van der Waals surface area contributed by atoms with E-state index in [-0.39, 0.29) is 24.4 Å². The Morgan fingerprint density at radius 1 is 0.750 bits per heavy atom. The smallest absolute Gasteiger partial charge is 0.254 e. The number of piperazine rings is 1. The largest absolute Gasteiger partial charge is 0.352 e. The van der Waals surface area contributed by atoms with E-state index in [2.05, 4.69) is 51.5 Å². The van der Waals surface area contributed by atoms with E-state index in [9.17, 15) is 9.59 Å². The van der Waals surface area contributed by atoms with E-state index in [1.807, 2.05) is 67.3 Å². The third kappa shape index (κ3) is 6.20. The van der Waals surface area contributed by atoms with Crippen molar-refractivity contribution in [1.29, 1.82) is 0 Å².